The van der Waals surface area contributed by atoms with E-state index in [0.29, 0.717) is 23.3 Å². The third-order valence-corrected chi connectivity index (χ3v) is 4.21. The number of nitrogens with one attached hydrogen (secondary N) is 2. The number of anilines is 1. The van der Waals surface area contributed by atoms with Crippen LogP contribution in [0.5, 0.6) is 0 Å². The summed E-state index contributed by atoms with van der Waals surface area (Å²) >= 11 is 5.83. The summed E-state index contributed by atoms with van der Waals surface area (Å²) in [5, 5.41) is 6.85. The van der Waals surface area contributed by atoms with Gasteiger partial charge in [0, 0.05) is 17.6 Å². The Morgan fingerprint density at radius 3 is 2.52 bits per heavy atom. The zero-order valence-electron chi connectivity index (χ0n) is 12.8. The van der Waals surface area contributed by atoms with E-state index in [1.807, 2.05) is 12.1 Å². The van der Waals surface area contributed by atoms with Crippen LogP contribution in [0.4, 0.5) is 5.82 Å². The van der Waals surface area contributed by atoms with Crippen molar-refractivity contribution >= 4 is 23.3 Å². The van der Waals surface area contributed by atoms with Gasteiger partial charge in [-0.3, -0.25) is 4.79 Å². The van der Waals surface area contributed by atoms with E-state index in [-0.39, 0.29) is 5.91 Å². The van der Waals surface area contributed by atoms with Crippen molar-refractivity contribution < 1.29 is 4.79 Å². The average Bonchev–Trinajstić information content (AvgIpc) is 3.08. The molecule has 2 N–H and O–H groups in total. The van der Waals surface area contributed by atoms with Gasteiger partial charge in [0.2, 0.25) is 0 Å². The summed E-state index contributed by atoms with van der Waals surface area (Å²) in [4.78, 5) is 20.5. The number of carbonyl (C=O) groups excluding carboxylic acids is 1. The SMILES string of the molecule is O=C(NCc1ccc(Cl)cc1)c1cnc(NC2CCCC2)cn1. The number of amides is 1. The highest BCUT2D eigenvalue weighted by atomic mass is 35.5. The van der Waals surface area contributed by atoms with Gasteiger partial charge in [0.25, 0.3) is 5.91 Å². The van der Waals surface area contributed by atoms with Crippen molar-refractivity contribution in [3.8, 4) is 0 Å². The normalized spacial score (nSPS) is 14.7. The lowest BCUT2D eigenvalue weighted by molar-refractivity contribution is 0.0945. The second-order valence-corrected chi connectivity index (χ2v) is 6.16. The predicted molar refractivity (Wildman–Crippen MR) is 90.5 cm³/mol. The van der Waals surface area contributed by atoms with Crippen LogP contribution >= 0.6 is 11.6 Å². The quantitative estimate of drug-likeness (QED) is 0.881. The van der Waals surface area contributed by atoms with Crippen LogP contribution in [0.3, 0.4) is 0 Å². The Bertz CT molecular complexity index is 651. The Kier molecular flexibility index (Phi) is 5.08. The van der Waals surface area contributed by atoms with Crippen molar-refractivity contribution in [3.63, 3.8) is 0 Å². The van der Waals surface area contributed by atoms with Gasteiger partial charge in [-0.1, -0.05) is 36.6 Å². The lowest BCUT2D eigenvalue weighted by atomic mass is 10.2. The maximum absolute atomic E-state index is 12.1. The first-order valence-corrected chi connectivity index (χ1v) is 8.20. The molecular weight excluding hydrogens is 312 g/mol. The molecule has 2 aromatic rings. The van der Waals surface area contributed by atoms with E-state index in [0.717, 1.165) is 11.4 Å². The Labute approximate surface area is 140 Å². The first kappa shape index (κ1) is 15.7. The monoisotopic (exact) mass is 330 g/mol. The molecule has 1 amide bonds. The average molecular weight is 331 g/mol. The fraction of sp³-hybridized carbons (Fsp3) is 0.353. The zero-order valence-corrected chi connectivity index (χ0v) is 13.5. The molecule has 1 aromatic heterocycles. The van der Waals surface area contributed by atoms with Gasteiger partial charge in [0.1, 0.15) is 11.5 Å². The highest BCUT2D eigenvalue weighted by Gasteiger charge is 2.15. The summed E-state index contributed by atoms with van der Waals surface area (Å²) in [7, 11) is 0. The van der Waals surface area contributed by atoms with Gasteiger partial charge >= 0.3 is 0 Å². The smallest absolute Gasteiger partial charge is 0.271 e. The van der Waals surface area contributed by atoms with Gasteiger partial charge in [0.15, 0.2) is 0 Å². The van der Waals surface area contributed by atoms with Gasteiger partial charge in [0.05, 0.1) is 12.4 Å². The highest BCUT2D eigenvalue weighted by Crippen LogP contribution is 2.20. The number of carbonyl (C=O) groups is 1. The van der Waals surface area contributed by atoms with Crippen molar-refractivity contribution in [2.75, 3.05) is 5.32 Å². The van der Waals surface area contributed by atoms with E-state index < -0.39 is 0 Å². The van der Waals surface area contributed by atoms with Crippen molar-refractivity contribution in [3.05, 3.63) is 52.9 Å². The Morgan fingerprint density at radius 2 is 1.87 bits per heavy atom. The number of rotatable bonds is 5. The zero-order chi connectivity index (χ0) is 16.1. The molecule has 0 saturated heterocycles. The standard InChI is InChI=1S/C17H19ClN4O/c18-13-7-5-12(6-8-13)9-21-17(23)15-10-20-16(11-19-15)22-14-3-1-2-4-14/h5-8,10-11,14H,1-4,9H2,(H,20,22)(H,21,23). The van der Waals surface area contributed by atoms with Crippen LogP contribution in [0, 0.1) is 0 Å². The third-order valence-electron chi connectivity index (χ3n) is 3.96. The van der Waals surface area contributed by atoms with Crippen LogP contribution < -0.4 is 10.6 Å². The van der Waals surface area contributed by atoms with Crippen LogP contribution in [0.25, 0.3) is 0 Å². The molecule has 1 aliphatic carbocycles. The van der Waals surface area contributed by atoms with Crippen molar-refractivity contribution in [2.24, 2.45) is 0 Å². The van der Waals surface area contributed by atoms with Crippen LogP contribution in [0.15, 0.2) is 36.7 Å². The minimum atomic E-state index is -0.236. The van der Waals surface area contributed by atoms with E-state index in [1.54, 1.807) is 18.3 Å². The van der Waals surface area contributed by atoms with Gasteiger partial charge in [-0.15, -0.1) is 0 Å². The molecule has 1 saturated carbocycles. The molecule has 0 bridgehead atoms. The predicted octanol–water partition coefficient (Wildman–Crippen LogP) is 3.41. The molecule has 6 heteroatoms. The minimum absolute atomic E-state index is 0.236. The lowest BCUT2D eigenvalue weighted by Crippen LogP contribution is -2.24. The minimum Gasteiger partial charge on any atom is -0.366 e. The highest BCUT2D eigenvalue weighted by molar-refractivity contribution is 6.30. The summed E-state index contributed by atoms with van der Waals surface area (Å²) in [6.07, 6.45) is 7.99. The maximum atomic E-state index is 12.1. The van der Waals surface area contributed by atoms with E-state index in [9.17, 15) is 4.79 Å². The van der Waals surface area contributed by atoms with Crippen molar-refractivity contribution in [1.29, 1.82) is 0 Å². The number of hydrogen-bond acceptors (Lipinski definition) is 4. The van der Waals surface area contributed by atoms with Gasteiger partial charge in [-0.2, -0.15) is 0 Å². The third kappa shape index (κ3) is 4.42. The Balaban J connectivity index is 1.53. The number of halogens is 1. The second-order valence-electron chi connectivity index (χ2n) is 5.72. The van der Waals surface area contributed by atoms with Crippen molar-refractivity contribution in [2.45, 2.75) is 38.3 Å². The molecule has 23 heavy (non-hydrogen) atoms. The maximum Gasteiger partial charge on any atom is 0.271 e. The van der Waals surface area contributed by atoms with Gasteiger partial charge < -0.3 is 10.6 Å². The molecule has 5 nitrogen and oxygen atoms in total. The van der Waals surface area contributed by atoms with Crippen LogP contribution in [0.2, 0.25) is 5.02 Å². The summed E-state index contributed by atoms with van der Waals surface area (Å²) in [6, 6.07) is 7.83. The van der Waals surface area contributed by atoms with Crippen LogP contribution in [-0.2, 0) is 6.54 Å². The van der Waals surface area contributed by atoms with Gasteiger partial charge in [-0.05, 0) is 30.5 Å². The molecule has 1 aliphatic rings. The molecule has 0 atom stereocenters. The first-order valence-electron chi connectivity index (χ1n) is 7.82. The number of benzene rings is 1. The molecule has 1 heterocycles. The summed E-state index contributed by atoms with van der Waals surface area (Å²) < 4.78 is 0. The fourth-order valence-electron chi connectivity index (χ4n) is 2.67. The van der Waals surface area contributed by atoms with Crippen LogP contribution in [-0.4, -0.2) is 21.9 Å². The first-order chi connectivity index (χ1) is 11.2. The Hall–Kier alpha value is -2.14. The van der Waals surface area contributed by atoms with Crippen LogP contribution in [0.1, 0.15) is 41.7 Å². The topological polar surface area (TPSA) is 66.9 Å². The van der Waals surface area contributed by atoms with E-state index in [2.05, 4.69) is 20.6 Å². The molecule has 0 unspecified atom stereocenters. The molecule has 0 radical (unpaired) electrons. The fourth-order valence-corrected chi connectivity index (χ4v) is 2.80. The molecule has 0 aliphatic heterocycles. The van der Waals surface area contributed by atoms with E-state index in [1.165, 1.54) is 31.9 Å². The lowest BCUT2D eigenvalue weighted by Gasteiger charge is -2.12. The largest absolute Gasteiger partial charge is 0.366 e. The summed E-state index contributed by atoms with van der Waals surface area (Å²) in [5.41, 5.74) is 1.30. The molecule has 1 fully saturated rings. The molecule has 1 aromatic carbocycles. The summed E-state index contributed by atoms with van der Waals surface area (Å²) in [5.74, 6) is 0.492. The second kappa shape index (κ2) is 7.42. The number of hydrogen-bond donors (Lipinski definition) is 2. The molecular formula is C17H19ClN4O. The molecule has 3 rings (SSSR count). The molecule has 0 spiro atoms. The molecule has 120 valence electrons. The van der Waals surface area contributed by atoms with Crippen molar-refractivity contribution in [1.82, 2.24) is 15.3 Å². The number of aromatic nitrogens is 2. The van der Waals surface area contributed by atoms with Gasteiger partial charge in [-0.25, -0.2) is 9.97 Å². The van der Waals surface area contributed by atoms with E-state index >= 15 is 0 Å². The van der Waals surface area contributed by atoms with E-state index in [4.69, 9.17) is 11.6 Å². The number of nitrogens with zero attached hydrogens (tertiary/aromatic N) is 2. The summed E-state index contributed by atoms with van der Waals surface area (Å²) in [6.45, 7) is 0.430. The Morgan fingerprint density at radius 1 is 1.13 bits per heavy atom.